The van der Waals surface area contributed by atoms with Crippen molar-refractivity contribution >= 4 is 11.6 Å². The van der Waals surface area contributed by atoms with Crippen molar-refractivity contribution in [3.8, 4) is 0 Å². The summed E-state index contributed by atoms with van der Waals surface area (Å²) >= 11 is 0. The third kappa shape index (κ3) is 3.10. The van der Waals surface area contributed by atoms with Crippen molar-refractivity contribution in [1.82, 2.24) is 4.98 Å². The summed E-state index contributed by atoms with van der Waals surface area (Å²) in [5.74, 6) is 0.312. The predicted molar refractivity (Wildman–Crippen MR) is 84.3 cm³/mol. The molecule has 0 atom stereocenters. The van der Waals surface area contributed by atoms with Gasteiger partial charge in [-0.3, -0.25) is 4.79 Å². The summed E-state index contributed by atoms with van der Waals surface area (Å²) in [5, 5.41) is 0. The van der Waals surface area contributed by atoms with Crippen LogP contribution >= 0.6 is 0 Å². The number of anilines is 1. The van der Waals surface area contributed by atoms with E-state index in [2.05, 4.69) is 18.8 Å². The number of carbonyl (C=O) groups excluding carboxylic acids is 1. The molecule has 1 aliphatic rings. The highest BCUT2D eigenvalue weighted by molar-refractivity contribution is 6.06. The van der Waals surface area contributed by atoms with E-state index in [1.54, 1.807) is 6.20 Å². The molecule has 21 heavy (non-hydrogen) atoms. The third-order valence-corrected chi connectivity index (χ3v) is 4.66. The molecular formula is C17H26N2O2. The minimum absolute atomic E-state index is 0.00273. The van der Waals surface area contributed by atoms with Gasteiger partial charge in [-0.15, -0.1) is 0 Å². The maximum Gasteiger partial charge on any atom is 0.198 e. The van der Waals surface area contributed by atoms with Crippen LogP contribution in [-0.2, 0) is 4.74 Å². The van der Waals surface area contributed by atoms with E-state index in [0.717, 1.165) is 31.2 Å². The van der Waals surface area contributed by atoms with Crippen LogP contribution in [0.25, 0.3) is 0 Å². The Labute approximate surface area is 127 Å². The third-order valence-electron chi connectivity index (χ3n) is 4.66. The van der Waals surface area contributed by atoms with Gasteiger partial charge in [0.25, 0.3) is 0 Å². The second-order valence-electron chi connectivity index (χ2n) is 6.81. The number of nitrogens with zero attached hydrogens (tertiary/aromatic N) is 1. The summed E-state index contributed by atoms with van der Waals surface area (Å²) in [6.45, 7) is 8.87. The topological polar surface area (TPSA) is 65.2 Å². The molecule has 1 aromatic rings. The normalized spacial score (nSPS) is 20.2. The Kier molecular flexibility index (Phi) is 4.38. The lowest BCUT2D eigenvalue weighted by molar-refractivity contribution is -0.0580. The number of nitrogen functional groups attached to an aromatic ring is 1. The highest BCUT2D eigenvalue weighted by atomic mass is 16.5. The van der Waals surface area contributed by atoms with Crippen molar-refractivity contribution in [2.45, 2.75) is 59.0 Å². The molecule has 4 nitrogen and oxygen atoms in total. The molecule has 0 spiro atoms. The number of hydrogen-bond donors (Lipinski definition) is 1. The molecule has 4 heteroatoms. The molecule has 0 bridgehead atoms. The van der Waals surface area contributed by atoms with E-state index in [4.69, 9.17) is 10.5 Å². The van der Waals surface area contributed by atoms with Crippen LogP contribution in [0, 0.1) is 12.3 Å². The zero-order valence-electron chi connectivity index (χ0n) is 13.5. The van der Waals surface area contributed by atoms with Gasteiger partial charge in [-0.1, -0.05) is 13.8 Å². The molecule has 1 aromatic heterocycles. The van der Waals surface area contributed by atoms with E-state index in [-0.39, 0.29) is 11.2 Å². The van der Waals surface area contributed by atoms with Crippen LogP contribution in [0.5, 0.6) is 0 Å². The molecule has 0 radical (unpaired) electrons. The van der Waals surface area contributed by atoms with Gasteiger partial charge in [-0.25, -0.2) is 4.98 Å². The van der Waals surface area contributed by atoms with Crippen molar-refractivity contribution < 1.29 is 9.53 Å². The minimum atomic E-state index is -0.730. The largest absolute Gasteiger partial charge is 0.383 e. The lowest BCUT2D eigenvalue weighted by Crippen LogP contribution is -2.47. The van der Waals surface area contributed by atoms with Crippen LogP contribution < -0.4 is 5.73 Å². The number of aryl methyl sites for hydroxylation is 1. The van der Waals surface area contributed by atoms with Gasteiger partial charge in [0.05, 0.1) is 5.56 Å². The van der Waals surface area contributed by atoms with E-state index >= 15 is 0 Å². The average molecular weight is 290 g/mol. The van der Waals surface area contributed by atoms with E-state index < -0.39 is 5.60 Å². The van der Waals surface area contributed by atoms with E-state index in [9.17, 15) is 4.79 Å². The standard InChI is InChI=1S/C17H26N2O2/c1-5-21-17(9-7-16(3,4)8-10-17)14(20)13-12(2)6-11-19-15(13)18/h6,11H,5,7-10H2,1-4H3,(H2,18,19). The molecule has 116 valence electrons. The highest BCUT2D eigenvalue weighted by Gasteiger charge is 2.45. The van der Waals surface area contributed by atoms with Gasteiger partial charge in [-0.2, -0.15) is 0 Å². The molecule has 1 aliphatic carbocycles. The number of Topliss-reactive ketones (excluding diaryl/α,β-unsaturated/α-hetero) is 1. The summed E-state index contributed by atoms with van der Waals surface area (Å²) in [5.41, 5.74) is 6.90. The fourth-order valence-corrected chi connectivity index (χ4v) is 3.15. The Morgan fingerprint density at radius 2 is 1.95 bits per heavy atom. The Bertz CT molecular complexity index is 507. The number of aromatic nitrogens is 1. The first-order valence-electron chi connectivity index (χ1n) is 7.71. The van der Waals surface area contributed by atoms with Crippen LogP contribution in [0.4, 0.5) is 5.82 Å². The molecule has 2 N–H and O–H groups in total. The van der Waals surface area contributed by atoms with Gasteiger partial charge in [-0.05, 0) is 56.6 Å². The smallest absolute Gasteiger partial charge is 0.198 e. The molecule has 1 fully saturated rings. The Morgan fingerprint density at radius 1 is 1.33 bits per heavy atom. The van der Waals surface area contributed by atoms with E-state index in [1.165, 1.54) is 0 Å². The SMILES string of the molecule is CCOC1(C(=O)c2c(C)ccnc2N)CCC(C)(C)CC1. The lowest BCUT2D eigenvalue weighted by Gasteiger charge is -2.42. The van der Waals surface area contributed by atoms with Gasteiger partial charge >= 0.3 is 0 Å². The van der Waals surface area contributed by atoms with Gasteiger partial charge in [0.15, 0.2) is 5.78 Å². The summed E-state index contributed by atoms with van der Waals surface area (Å²) in [4.78, 5) is 17.2. The number of carbonyl (C=O) groups is 1. The van der Waals surface area contributed by atoms with Gasteiger partial charge < -0.3 is 10.5 Å². The van der Waals surface area contributed by atoms with Crippen LogP contribution in [0.15, 0.2) is 12.3 Å². The fraction of sp³-hybridized carbons (Fsp3) is 0.647. The maximum absolute atomic E-state index is 13.1. The second kappa shape index (κ2) is 5.76. The number of ether oxygens (including phenoxy) is 1. The summed E-state index contributed by atoms with van der Waals surface area (Å²) in [7, 11) is 0. The number of ketones is 1. The predicted octanol–water partition coefficient (Wildman–Crippen LogP) is 3.53. The van der Waals surface area contributed by atoms with Gasteiger partial charge in [0.2, 0.25) is 0 Å². The molecular weight excluding hydrogens is 264 g/mol. The van der Waals surface area contributed by atoms with Crippen molar-refractivity contribution in [2.75, 3.05) is 12.3 Å². The van der Waals surface area contributed by atoms with Crippen LogP contribution in [0.1, 0.15) is 62.4 Å². The summed E-state index contributed by atoms with van der Waals surface area (Å²) in [6, 6.07) is 1.83. The molecule has 2 rings (SSSR count). The first kappa shape index (κ1) is 16.0. The Hall–Kier alpha value is -1.42. The Morgan fingerprint density at radius 3 is 2.48 bits per heavy atom. The van der Waals surface area contributed by atoms with E-state index in [0.29, 0.717) is 18.0 Å². The number of rotatable bonds is 4. The van der Waals surface area contributed by atoms with Crippen molar-refractivity contribution in [3.05, 3.63) is 23.4 Å². The first-order valence-corrected chi connectivity index (χ1v) is 7.71. The monoisotopic (exact) mass is 290 g/mol. The van der Waals surface area contributed by atoms with Crippen molar-refractivity contribution in [1.29, 1.82) is 0 Å². The minimum Gasteiger partial charge on any atom is -0.383 e. The molecule has 0 aromatic carbocycles. The zero-order chi connectivity index (χ0) is 15.7. The summed E-state index contributed by atoms with van der Waals surface area (Å²) < 4.78 is 5.96. The molecule has 0 aliphatic heterocycles. The maximum atomic E-state index is 13.1. The van der Waals surface area contributed by atoms with Gasteiger partial charge in [0, 0.05) is 12.8 Å². The Balaban J connectivity index is 2.37. The van der Waals surface area contributed by atoms with E-state index in [1.807, 2.05) is 19.9 Å². The van der Waals surface area contributed by atoms with Crippen molar-refractivity contribution in [2.24, 2.45) is 5.41 Å². The quantitative estimate of drug-likeness (QED) is 0.861. The molecule has 0 amide bonds. The van der Waals surface area contributed by atoms with Gasteiger partial charge in [0.1, 0.15) is 11.4 Å². The average Bonchev–Trinajstić information content (AvgIpc) is 2.41. The molecule has 1 saturated carbocycles. The van der Waals surface area contributed by atoms with Crippen molar-refractivity contribution in [3.63, 3.8) is 0 Å². The van der Waals surface area contributed by atoms with Crippen LogP contribution in [-0.4, -0.2) is 23.0 Å². The number of nitrogens with two attached hydrogens (primary N) is 1. The second-order valence-corrected chi connectivity index (χ2v) is 6.81. The molecule has 1 heterocycles. The number of hydrogen-bond acceptors (Lipinski definition) is 4. The molecule has 0 unspecified atom stereocenters. The lowest BCUT2D eigenvalue weighted by atomic mass is 9.68. The van der Waals surface area contributed by atoms with Crippen LogP contribution in [0.3, 0.4) is 0 Å². The highest BCUT2D eigenvalue weighted by Crippen LogP contribution is 2.44. The zero-order valence-corrected chi connectivity index (χ0v) is 13.5. The first-order chi connectivity index (χ1) is 9.81. The number of pyridine rings is 1. The molecule has 0 saturated heterocycles. The fourth-order valence-electron chi connectivity index (χ4n) is 3.15. The van der Waals surface area contributed by atoms with Crippen LogP contribution in [0.2, 0.25) is 0 Å². The summed E-state index contributed by atoms with van der Waals surface area (Å²) in [6.07, 6.45) is 5.11.